The lowest BCUT2D eigenvalue weighted by atomic mass is 10.1. The van der Waals surface area contributed by atoms with Crippen LogP contribution in [0.4, 0.5) is 4.39 Å². The number of aliphatic carboxylic acids is 1. The summed E-state index contributed by atoms with van der Waals surface area (Å²) < 4.78 is 13.8. The second-order valence-electron chi connectivity index (χ2n) is 5.05. The van der Waals surface area contributed by atoms with E-state index >= 15 is 0 Å². The van der Waals surface area contributed by atoms with Crippen molar-refractivity contribution in [3.05, 3.63) is 34.6 Å². The first-order valence-corrected chi connectivity index (χ1v) is 6.65. The average molecular weight is 300 g/mol. The van der Waals surface area contributed by atoms with Crippen LogP contribution in [0.25, 0.3) is 0 Å². The molecule has 1 aromatic carbocycles. The highest BCUT2D eigenvalue weighted by Crippen LogP contribution is 2.51. The van der Waals surface area contributed by atoms with Crippen molar-refractivity contribution in [3.63, 3.8) is 0 Å². The van der Waals surface area contributed by atoms with Crippen LogP contribution in [0.2, 0.25) is 5.02 Å². The minimum Gasteiger partial charge on any atom is -0.480 e. The summed E-state index contributed by atoms with van der Waals surface area (Å²) in [5.74, 6) is -2.44. The van der Waals surface area contributed by atoms with Crippen LogP contribution in [0.15, 0.2) is 18.2 Å². The molecule has 108 valence electrons. The van der Waals surface area contributed by atoms with Crippen molar-refractivity contribution >= 4 is 23.5 Å². The van der Waals surface area contributed by atoms with Crippen LogP contribution in [-0.2, 0) is 9.59 Å². The molecule has 6 heteroatoms. The molecule has 1 N–H and O–H groups in total. The van der Waals surface area contributed by atoms with Crippen molar-refractivity contribution in [1.29, 1.82) is 0 Å². The number of hydrogen-bond acceptors (Lipinski definition) is 2. The molecule has 1 aliphatic rings. The van der Waals surface area contributed by atoms with Crippen molar-refractivity contribution in [2.24, 2.45) is 5.92 Å². The summed E-state index contributed by atoms with van der Waals surface area (Å²) in [7, 11) is 1.44. The van der Waals surface area contributed by atoms with Crippen LogP contribution >= 0.6 is 11.6 Å². The number of halogens is 2. The van der Waals surface area contributed by atoms with Gasteiger partial charge in [0.15, 0.2) is 0 Å². The lowest BCUT2D eigenvalue weighted by Gasteiger charge is -2.21. The van der Waals surface area contributed by atoms with Crippen molar-refractivity contribution < 1.29 is 19.1 Å². The second kappa shape index (κ2) is 5.40. The summed E-state index contributed by atoms with van der Waals surface area (Å²) >= 11 is 5.97. The Morgan fingerprint density at radius 1 is 1.50 bits per heavy atom. The largest absolute Gasteiger partial charge is 0.480 e. The average Bonchev–Trinajstić information content (AvgIpc) is 3.16. The predicted molar refractivity (Wildman–Crippen MR) is 72.1 cm³/mol. The molecule has 1 amide bonds. The summed E-state index contributed by atoms with van der Waals surface area (Å²) in [6.07, 6.45) is 0.496. The van der Waals surface area contributed by atoms with Gasteiger partial charge >= 0.3 is 5.97 Å². The maximum atomic E-state index is 13.8. The molecule has 1 aliphatic carbocycles. The molecule has 3 atom stereocenters. The van der Waals surface area contributed by atoms with E-state index in [1.165, 1.54) is 31.0 Å². The fourth-order valence-corrected chi connectivity index (χ4v) is 2.57. The summed E-state index contributed by atoms with van der Waals surface area (Å²) in [5, 5.41) is 9.20. The van der Waals surface area contributed by atoms with Crippen molar-refractivity contribution in [3.8, 4) is 0 Å². The first-order chi connectivity index (χ1) is 9.34. The monoisotopic (exact) mass is 299 g/mol. The number of benzene rings is 1. The van der Waals surface area contributed by atoms with E-state index in [0.717, 1.165) is 0 Å². The summed E-state index contributed by atoms with van der Waals surface area (Å²) in [4.78, 5) is 24.2. The zero-order valence-electron chi connectivity index (χ0n) is 11.1. The predicted octanol–water partition coefficient (Wildman–Crippen LogP) is 2.51. The zero-order chi connectivity index (χ0) is 15.0. The Labute approximate surface area is 121 Å². The maximum Gasteiger partial charge on any atom is 0.326 e. The molecule has 0 aromatic heterocycles. The highest BCUT2D eigenvalue weighted by Gasteiger charge is 2.48. The Kier molecular flexibility index (Phi) is 3.99. The maximum absolute atomic E-state index is 13.8. The lowest BCUT2D eigenvalue weighted by molar-refractivity contribution is -0.148. The van der Waals surface area contributed by atoms with Gasteiger partial charge in [-0.2, -0.15) is 0 Å². The highest BCUT2D eigenvalue weighted by molar-refractivity contribution is 6.31. The third-order valence-electron chi connectivity index (χ3n) is 3.76. The van der Waals surface area contributed by atoms with Gasteiger partial charge in [-0.3, -0.25) is 4.79 Å². The van der Waals surface area contributed by atoms with Gasteiger partial charge in [0.05, 0.1) is 0 Å². The van der Waals surface area contributed by atoms with E-state index in [1.54, 1.807) is 6.07 Å². The quantitative estimate of drug-likeness (QED) is 0.929. The van der Waals surface area contributed by atoms with Crippen LogP contribution in [0.3, 0.4) is 0 Å². The van der Waals surface area contributed by atoms with Gasteiger partial charge in [0.25, 0.3) is 0 Å². The molecule has 2 rings (SSSR count). The van der Waals surface area contributed by atoms with Gasteiger partial charge in [0.1, 0.15) is 11.9 Å². The Morgan fingerprint density at radius 2 is 2.15 bits per heavy atom. The zero-order valence-corrected chi connectivity index (χ0v) is 11.9. The molecule has 0 bridgehead atoms. The molecule has 0 radical (unpaired) electrons. The van der Waals surface area contributed by atoms with Gasteiger partial charge in [-0.25, -0.2) is 9.18 Å². The molecule has 4 nitrogen and oxygen atoms in total. The fourth-order valence-electron chi connectivity index (χ4n) is 2.27. The molecule has 1 saturated carbocycles. The summed E-state index contributed by atoms with van der Waals surface area (Å²) in [5.41, 5.74) is 0.351. The van der Waals surface area contributed by atoms with Gasteiger partial charge in [-0.1, -0.05) is 17.7 Å². The van der Waals surface area contributed by atoms with E-state index in [2.05, 4.69) is 0 Å². The van der Waals surface area contributed by atoms with E-state index in [9.17, 15) is 14.0 Å². The first kappa shape index (κ1) is 14.8. The Bertz CT molecular complexity index is 543. The molecule has 0 unspecified atom stereocenters. The van der Waals surface area contributed by atoms with E-state index in [0.29, 0.717) is 17.0 Å². The van der Waals surface area contributed by atoms with Gasteiger partial charge in [0.2, 0.25) is 5.91 Å². The van der Waals surface area contributed by atoms with Crippen LogP contribution < -0.4 is 0 Å². The van der Waals surface area contributed by atoms with Crippen LogP contribution in [-0.4, -0.2) is 35.0 Å². The van der Waals surface area contributed by atoms with Gasteiger partial charge in [-0.05, 0) is 25.5 Å². The smallest absolute Gasteiger partial charge is 0.326 e. The number of carboxylic acid groups (broad SMARTS) is 1. The van der Waals surface area contributed by atoms with Crippen LogP contribution in [0, 0.1) is 11.7 Å². The number of amides is 1. The number of hydrogen-bond donors (Lipinski definition) is 1. The fraction of sp³-hybridized carbons (Fsp3) is 0.429. The van der Waals surface area contributed by atoms with Crippen molar-refractivity contribution in [2.45, 2.75) is 25.3 Å². The van der Waals surface area contributed by atoms with Gasteiger partial charge < -0.3 is 10.0 Å². The third kappa shape index (κ3) is 2.63. The number of carbonyl (C=O) groups excluding carboxylic acids is 1. The van der Waals surface area contributed by atoms with E-state index < -0.39 is 23.7 Å². The minimum atomic E-state index is -1.07. The van der Waals surface area contributed by atoms with Crippen molar-refractivity contribution in [1.82, 2.24) is 4.90 Å². The Hall–Kier alpha value is -1.62. The topological polar surface area (TPSA) is 57.6 Å². The number of nitrogens with zero attached hydrogens (tertiary/aromatic N) is 1. The first-order valence-electron chi connectivity index (χ1n) is 6.28. The van der Waals surface area contributed by atoms with Crippen molar-refractivity contribution in [2.75, 3.05) is 7.05 Å². The molecule has 1 aromatic rings. The molecule has 0 spiro atoms. The molecule has 0 saturated heterocycles. The third-order valence-corrected chi connectivity index (χ3v) is 4.09. The number of likely N-dealkylation sites (N-methyl/N-ethyl adjacent to an activating group) is 1. The van der Waals surface area contributed by atoms with Crippen LogP contribution in [0.1, 0.15) is 24.8 Å². The van der Waals surface area contributed by atoms with E-state index in [4.69, 9.17) is 16.7 Å². The molecular weight excluding hydrogens is 285 g/mol. The normalized spacial score (nSPS) is 22.2. The Morgan fingerprint density at radius 3 is 2.70 bits per heavy atom. The molecular formula is C14H15ClFNO3. The van der Waals surface area contributed by atoms with E-state index in [-0.39, 0.29) is 11.8 Å². The standard InChI is InChI=1S/C14H15ClFNO3/c1-7(14(19)20)17(2)13(18)9-6-8(9)12-10(15)4-3-5-11(12)16/h3-5,7-9H,6H2,1-2H3,(H,19,20)/t7-,8-,9+/m1/s1. The number of rotatable bonds is 4. The number of carbonyl (C=O) groups is 2. The van der Waals surface area contributed by atoms with Gasteiger partial charge in [0, 0.05) is 29.5 Å². The van der Waals surface area contributed by atoms with Gasteiger partial charge in [-0.15, -0.1) is 0 Å². The number of carboxylic acids is 1. The minimum absolute atomic E-state index is 0.264. The van der Waals surface area contributed by atoms with E-state index in [1.807, 2.05) is 0 Å². The lowest BCUT2D eigenvalue weighted by Crippen LogP contribution is -2.41. The molecule has 0 aliphatic heterocycles. The highest BCUT2D eigenvalue weighted by atomic mass is 35.5. The Balaban J connectivity index is 2.12. The van der Waals surface area contributed by atoms with Crippen LogP contribution in [0.5, 0.6) is 0 Å². The molecule has 0 heterocycles. The molecule has 1 fully saturated rings. The summed E-state index contributed by atoms with van der Waals surface area (Å²) in [6.45, 7) is 1.44. The molecule has 20 heavy (non-hydrogen) atoms. The second-order valence-corrected chi connectivity index (χ2v) is 5.45. The SMILES string of the molecule is C[C@H](C(=O)O)N(C)C(=O)[C@H]1C[C@H]1c1c(F)cccc1Cl. The summed E-state index contributed by atoms with van der Waals surface area (Å²) in [6, 6.07) is 3.51.